The van der Waals surface area contributed by atoms with E-state index < -0.39 is 0 Å². The summed E-state index contributed by atoms with van der Waals surface area (Å²) in [5.74, 6) is 0. The molecule has 152 valence electrons. The smallest absolute Gasteiger partial charge is 0.227 e. The first-order chi connectivity index (χ1) is 15.1. The molecule has 31 heavy (non-hydrogen) atoms. The fourth-order valence-electron chi connectivity index (χ4n) is 4.99. The Morgan fingerprint density at radius 3 is 2.23 bits per heavy atom. The lowest BCUT2D eigenvalue weighted by molar-refractivity contribution is 0.537. The summed E-state index contributed by atoms with van der Waals surface area (Å²) in [5.41, 5.74) is 6.98. The Hall–Kier alpha value is -3.79. The third-order valence-electron chi connectivity index (χ3n) is 6.29. The molecule has 0 N–H and O–H groups in total. The molecule has 4 heteroatoms. The summed E-state index contributed by atoms with van der Waals surface area (Å²) in [5, 5.41) is 2.14. The van der Waals surface area contributed by atoms with Crippen LogP contribution in [-0.4, -0.2) is 10.6 Å². The minimum Gasteiger partial charge on any atom is -0.435 e. The topological polar surface area (TPSA) is 32.5 Å². The van der Waals surface area contributed by atoms with E-state index in [0.29, 0.717) is 5.71 Å². The zero-order valence-electron chi connectivity index (χ0n) is 17.8. The van der Waals surface area contributed by atoms with Crippen LogP contribution in [0, 0.1) is 6.92 Å². The molecule has 0 amide bonds. The van der Waals surface area contributed by atoms with Crippen LogP contribution in [0.2, 0.25) is 0 Å². The number of aromatic nitrogens is 1. The number of nitrogens with zero attached hydrogens (tertiary/aromatic N) is 3. The SMILES string of the molecule is Cc1ccc2c(oc3ncccc32)c1N1c2ccccc2N(c2ccccc2)C1(C)C. The third kappa shape index (κ3) is 2.45. The maximum atomic E-state index is 6.35. The molecule has 2 aromatic heterocycles. The molecular formula is C27H23N3O. The Morgan fingerprint density at radius 2 is 1.45 bits per heavy atom. The number of benzene rings is 3. The molecule has 1 aliphatic rings. The highest BCUT2D eigenvalue weighted by Gasteiger charge is 2.45. The van der Waals surface area contributed by atoms with Crippen molar-refractivity contribution in [3.8, 4) is 0 Å². The van der Waals surface area contributed by atoms with Crippen LogP contribution in [-0.2, 0) is 0 Å². The quantitative estimate of drug-likeness (QED) is 0.308. The van der Waals surface area contributed by atoms with Crippen molar-refractivity contribution in [3.63, 3.8) is 0 Å². The van der Waals surface area contributed by atoms with E-state index in [1.807, 2.05) is 6.07 Å². The Bertz CT molecular complexity index is 1440. The van der Waals surface area contributed by atoms with Crippen LogP contribution < -0.4 is 9.80 Å². The maximum absolute atomic E-state index is 6.35. The molecule has 1 aliphatic heterocycles. The van der Waals surface area contributed by atoms with Gasteiger partial charge in [-0.15, -0.1) is 0 Å². The second-order valence-corrected chi connectivity index (χ2v) is 8.56. The molecule has 0 unspecified atom stereocenters. The predicted molar refractivity (Wildman–Crippen MR) is 127 cm³/mol. The number of anilines is 4. The van der Waals surface area contributed by atoms with Crippen LogP contribution in [0.15, 0.2) is 89.5 Å². The molecule has 0 fully saturated rings. The molecule has 0 saturated carbocycles. The fraction of sp³-hybridized carbons (Fsp3) is 0.148. The van der Waals surface area contributed by atoms with Crippen LogP contribution >= 0.6 is 0 Å². The van der Waals surface area contributed by atoms with E-state index >= 15 is 0 Å². The number of rotatable bonds is 2. The van der Waals surface area contributed by atoms with Gasteiger partial charge in [-0.2, -0.15) is 0 Å². The van der Waals surface area contributed by atoms with Gasteiger partial charge in [-0.05, 0) is 62.7 Å². The Labute approximate surface area is 181 Å². The lowest BCUT2D eigenvalue weighted by Crippen LogP contribution is -2.48. The largest absolute Gasteiger partial charge is 0.435 e. The van der Waals surface area contributed by atoms with Crippen molar-refractivity contribution in [2.24, 2.45) is 0 Å². The number of hydrogen-bond donors (Lipinski definition) is 0. The Balaban J connectivity index is 1.67. The van der Waals surface area contributed by atoms with Gasteiger partial charge in [0.25, 0.3) is 0 Å². The normalized spacial score (nSPS) is 15.1. The Morgan fingerprint density at radius 1 is 0.742 bits per heavy atom. The van der Waals surface area contributed by atoms with E-state index in [1.54, 1.807) is 6.20 Å². The van der Waals surface area contributed by atoms with Crippen molar-refractivity contribution in [2.45, 2.75) is 26.4 Å². The second kappa shape index (κ2) is 6.35. The van der Waals surface area contributed by atoms with E-state index in [9.17, 15) is 0 Å². The molecule has 0 saturated heterocycles. The van der Waals surface area contributed by atoms with Crippen molar-refractivity contribution in [1.29, 1.82) is 0 Å². The van der Waals surface area contributed by atoms with E-state index in [4.69, 9.17) is 4.42 Å². The number of fused-ring (bicyclic) bond motifs is 4. The van der Waals surface area contributed by atoms with Crippen molar-refractivity contribution in [2.75, 3.05) is 9.80 Å². The van der Waals surface area contributed by atoms with Gasteiger partial charge in [0.15, 0.2) is 5.58 Å². The highest BCUT2D eigenvalue weighted by molar-refractivity contribution is 6.10. The molecule has 4 nitrogen and oxygen atoms in total. The van der Waals surface area contributed by atoms with Gasteiger partial charge in [0.2, 0.25) is 5.71 Å². The molecule has 0 atom stereocenters. The number of para-hydroxylation sites is 3. The van der Waals surface area contributed by atoms with E-state index in [1.165, 1.54) is 22.6 Å². The molecule has 0 bridgehead atoms. The summed E-state index contributed by atoms with van der Waals surface area (Å²) in [6, 6.07) is 27.5. The number of hydrogen-bond acceptors (Lipinski definition) is 4. The highest BCUT2D eigenvalue weighted by atomic mass is 16.3. The average Bonchev–Trinajstić information content (AvgIpc) is 3.26. The first-order valence-electron chi connectivity index (χ1n) is 10.6. The summed E-state index contributed by atoms with van der Waals surface area (Å²) >= 11 is 0. The van der Waals surface area contributed by atoms with Crippen LogP contribution in [0.1, 0.15) is 19.4 Å². The molecule has 0 aliphatic carbocycles. The molecule has 5 aromatic rings. The average molecular weight is 406 g/mol. The van der Waals surface area contributed by atoms with Crippen LogP contribution in [0.25, 0.3) is 22.1 Å². The van der Waals surface area contributed by atoms with Crippen molar-refractivity contribution in [1.82, 2.24) is 4.98 Å². The summed E-state index contributed by atoms with van der Waals surface area (Å²) in [6.07, 6.45) is 1.78. The number of aryl methyl sites for hydroxylation is 1. The van der Waals surface area contributed by atoms with Crippen molar-refractivity contribution in [3.05, 3.63) is 90.6 Å². The molecular weight excluding hydrogens is 382 g/mol. The standard InChI is InChI=1S/C27H23N3O/c1-18-15-16-20-21-12-9-17-28-26(21)31-25(20)24(18)30-23-14-8-7-13-22(23)29(27(30,2)3)19-10-5-4-6-11-19/h4-17H,1-3H3. The second-order valence-electron chi connectivity index (χ2n) is 8.56. The van der Waals surface area contributed by atoms with Crippen molar-refractivity contribution < 1.29 is 4.42 Å². The van der Waals surface area contributed by atoms with Gasteiger partial charge in [0.1, 0.15) is 5.66 Å². The molecule has 0 radical (unpaired) electrons. The van der Waals surface area contributed by atoms with Gasteiger partial charge in [-0.25, -0.2) is 4.98 Å². The molecule has 6 rings (SSSR count). The predicted octanol–water partition coefficient (Wildman–Crippen LogP) is 7.32. The van der Waals surface area contributed by atoms with E-state index in [-0.39, 0.29) is 5.66 Å². The summed E-state index contributed by atoms with van der Waals surface area (Å²) in [4.78, 5) is 9.28. The van der Waals surface area contributed by atoms with Gasteiger partial charge < -0.3 is 14.2 Å². The first-order valence-corrected chi connectivity index (χ1v) is 10.6. The van der Waals surface area contributed by atoms with Gasteiger partial charge in [-0.3, -0.25) is 0 Å². The summed E-state index contributed by atoms with van der Waals surface area (Å²) in [7, 11) is 0. The lowest BCUT2D eigenvalue weighted by Gasteiger charge is -2.41. The molecule has 3 heterocycles. The van der Waals surface area contributed by atoms with Gasteiger partial charge in [0.05, 0.1) is 17.1 Å². The summed E-state index contributed by atoms with van der Waals surface area (Å²) in [6.45, 7) is 6.68. The third-order valence-corrected chi connectivity index (χ3v) is 6.29. The van der Waals surface area contributed by atoms with Crippen LogP contribution in [0.3, 0.4) is 0 Å². The number of furan rings is 1. The minimum absolute atomic E-state index is 0.351. The van der Waals surface area contributed by atoms with Crippen LogP contribution in [0.4, 0.5) is 22.7 Å². The fourth-order valence-corrected chi connectivity index (χ4v) is 4.99. The summed E-state index contributed by atoms with van der Waals surface area (Å²) < 4.78 is 6.35. The maximum Gasteiger partial charge on any atom is 0.227 e. The van der Waals surface area contributed by atoms with Gasteiger partial charge >= 0.3 is 0 Å². The Kier molecular flexibility index (Phi) is 3.69. The van der Waals surface area contributed by atoms with E-state index in [0.717, 1.165) is 22.0 Å². The molecule has 0 spiro atoms. The van der Waals surface area contributed by atoms with Gasteiger partial charge in [0, 0.05) is 22.7 Å². The highest BCUT2D eigenvalue weighted by Crippen LogP contribution is 2.54. The monoisotopic (exact) mass is 405 g/mol. The van der Waals surface area contributed by atoms with Crippen LogP contribution in [0.5, 0.6) is 0 Å². The van der Waals surface area contributed by atoms with Crippen molar-refractivity contribution >= 4 is 44.8 Å². The molecule has 3 aromatic carbocycles. The van der Waals surface area contributed by atoms with E-state index in [2.05, 4.69) is 108 Å². The minimum atomic E-state index is -0.351. The zero-order valence-corrected chi connectivity index (χ0v) is 17.8. The lowest BCUT2D eigenvalue weighted by atomic mass is 10.0. The van der Waals surface area contributed by atoms with Gasteiger partial charge in [-0.1, -0.05) is 42.5 Å². The number of pyridine rings is 1. The first kappa shape index (κ1) is 18.0. The zero-order chi connectivity index (χ0) is 21.2.